The molecule has 1 amide bonds. The third-order valence-corrected chi connectivity index (χ3v) is 5.76. The zero-order valence-corrected chi connectivity index (χ0v) is 17.0. The molecule has 0 N–H and O–H groups in total. The number of carbonyl (C=O) groups is 2. The van der Waals surface area contributed by atoms with Crippen LogP contribution in [-0.2, 0) is 16.1 Å². The van der Waals surface area contributed by atoms with Crippen LogP contribution in [0.3, 0.4) is 0 Å². The van der Waals surface area contributed by atoms with Crippen molar-refractivity contribution in [2.75, 3.05) is 6.61 Å². The van der Waals surface area contributed by atoms with Gasteiger partial charge in [0.15, 0.2) is 4.80 Å². The fraction of sp³-hybridized carbons (Fsp3) is 0.174. The van der Waals surface area contributed by atoms with Gasteiger partial charge in [0.1, 0.15) is 6.54 Å². The Bertz CT molecular complexity index is 1300. The van der Waals surface area contributed by atoms with Crippen molar-refractivity contribution in [3.8, 4) is 0 Å². The number of esters is 1. The monoisotopic (exact) mass is 404 g/mol. The minimum atomic E-state index is -0.357. The smallest absolute Gasteiger partial charge is 0.326 e. The summed E-state index contributed by atoms with van der Waals surface area (Å²) in [5.41, 5.74) is 2.38. The van der Waals surface area contributed by atoms with Gasteiger partial charge >= 0.3 is 5.97 Å². The maximum Gasteiger partial charge on any atom is 0.326 e. The lowest BCUT2D eigenvalue weighted by Gasteiger charge is -2.06. The molecule has 29 heavy (non-hydrogen) atoms. The number of amides is 1. The van der Waals surface area contributed by atoms with Crippen molar-refractivity contribution in [1.82, 2.24) is 4.57 Å². The van der Waals surface area contributed by atoms with E-state index in [1.807, 2.05) is 61.5 Å². The number of ether oxygens (including phenoxy) is 1. The predicted octanol–water partition coefficient (Wildman–Crippen LogP) is 4.47. The molecule has 0 atom stereocenters. The van der Waals surface area contributed by atoms with Gasteiger partial charge in [0.25, 0.3) is 5.91 Å². The first kappa shape index (κ1) is 19.1. The van der Waals surface area contributed by atoms with Gasteiger partial charge in [-0.2, -0.15) is 4.99 Å². The molecule has 0 aliphatic carbocycles. The maximum atomic E-state index is 12.8. The molecule has 4 aromatic rings. The minimum absolute atomic E-state index is 0.00606. The highest BCUT2D eigenvalue weighted by Crippen LogP contribution is 2.27. The third kappa shape index (κ3) is 3.84. The average molecular weight is 404 g/mol. The molecule has 3 aromatic carbocycles. The Hall–Kier alpha value is -3.25. The van der Waals surface area contributed by atoms with Crippen LogP contribution in [0, 0.1) is 6.92 Å². The van der Waals surface area contributed by atoms with Crippen LogP contribution in [0.25, 0.3) is 21.0 Å². The first-order valence-corrected chi connectivity index (χ1v) is 10.2. The molecular formula is C23H20N2O3S. The van der Waals surface area contributed by atoms with E-state index in [0.717, 1.165) is 26.6 Å². The molecule has 0 fully saturated rings. The van der Waals surface area contributed by atoms with Crippen molar-refractivity contribution in [2.45, 2.75) is 20.4 Å². The Labute approximate surface area is 171 Å². The first-order chi connectivity index (χ1) is 14.1. The van der Waals surface area contributed by atoms with E-state index >= 15 is 0 Å². The summed E-state index contributed by atoms with van der Waals surface area (Å²) in [5.74, 6) is -0.688. The molecule has 1 heterocycles. The second-order valence-electron chi connectivity index (χ2n) is 6.70. The van der Waals surface area contributed by atoms with Gasteiger partial charge in [0, 0.05) is 10.9 Å². The van der Waals surface area contributed by atoms with Crippen LogP contribution in [0.4, 0.5) is 0 Å². The molecular weight excluding hydrogens is 384 g/mol. The van der Waals surface area contributed by atoms with E-state index in [-0.39, 0.29) is 18.4 Å². The quantitative estimate of drug-likeness (QED) is 0.472. The molecule has 0 saturated heterocycles. The van der Waals surface area contributed by atoms with E-state index in [0.29, 0.717) is 17.0 Å². The lowest BCUT2D eigenvalue weighted by Crippen LogP contribution is -2.23. The number of aryl methyl sites for hydroxylation is 1. The summed E-state index contributed by atoms with van der Waals surface area (Å²) < 4.78 is 7.88. The minimum Gasteiger partial charge on any atom is -0.465 e. The van der Waals surface area contributed by atoms with E-state index in [4.69, 9.17) is 4.74 Å². The molecule has 5 nitrogen and oxygen atoms in total. The molecule has 0 bridgehead atoms. The van der Waals surface area contributed by atoms with Gasteiger partial charge < -0.3 is 9.30 Å². The van der Waals surface area contributed by atoms with Crippen LogP contribution in [-0.4, -0.2) is 23.1 Å². The van der Waals surface area contributed by atoms with E-state index in [1.165, 1.54) is 11.3 Å². The molecule has 1 aromatic heterocycles. The lowest BCUT2D eigenvalue weighted by atomic mass is 10.1. The maximum absolute atomic E-state index is 12.8. The lowest BCUT2D eigenvalue weighted by molar-refractivity contribution is -0.143. The Balaban J connectivity index is 1.92. The summed E-state index contributed by atoms with van der Waals surface area (Å²) in [4.78, 5) is 29.8. The zero-order valence-electron chi connectivity index (χ0n) is 16.2. The van der Waals surface area contributed by atoms with E-state index in [9.17, 15) is 9.59 Å². The average Bonchev–Trinajstić information content (AvgIpc) is 3.05. The SMILES string of the molecule is CCOC(=O)Cn1c(=NC(=O)c2cccc(C)c2)sc2c3ccccc3ccc21. The summed E-state index contributed by atoms with van der Waals surface area (Å²) in [6, 6.07) is 19.3. The van der Waals surface area contributed by atoms with Gasteiger partial charge in [0.05, 0.1) is 16.8 Å². The number of hydrogen-bond donors (Lipinski definition) is 0. The summed E-state index contributed by atoms with van der Waals surface area (Å²) >= 11 is 1.41. The number of hydrogen-bond acceptors (Lipinski definition) is 4. The Kier molecular flexibility index (Phi) is 5.27. The van der Waals surface area contributed by atoms with Gasteiger partial charge in [-0.1, -0.05) is 59.4 Å². The van der Waals surface area contributed by atoms with Crippen molar-refractivity contribution in [1.29, 1.82) is 0 Å². The normalized spacial score (nSPS) is 11.9. The van der Waals surface area contributed by atoms with Crippen molar-refractivity contribution in [3.05, 3.63) is 76.6 Å². The number of thiazole rings is 1. The zero-order chi connectivity index (χ0) is 20.4. The Morgan fingerprint density at radius 1 is 1.07 bits per heavy atom. The van der Waals surface area contributed by atoms with Crippen molar-refractivity contribution >= 4 is 44.2 Å². The summed E-state index contributed by atoms with van der Waals surface area (Å²) in [7, 11) is 0. The molecule has 0 aliphatic heterocycles. The number of fused-ring (bicyclic) bond motifs is 3. The number of carbonyl (C=O) groups excluding carboxylic acids is 2. The fourth-order valence-corrected chi connectivity index (χ4v) is 4.46. The van der Waals surface area contributed by atoms with E-state index in [1.54, 1.807) is 17.6 Å². The van der Waals surface area contributed by atoms with Gasteiger partial charge in [-0.15, -0.1) is 0 Å². The van der Waals surface area contributed by atoms with Crippen LogP contribution in [0.5, 0.6) is 0 Å². The number of nitrogens with zero attached hydrogens (tertiary/aromatic N) is 2. The van der Waals surface area contributed by atoms with Crippen LogP contribution >= 0.6 is 11.3 Å². The molecule has 6 heteroatoms. The Morgan fingerprint density at radius 3 is 2.69 bits per heavy atom. The van der Waals surface area contributed by atoms with Crippen LogP contribution in [0.2, 0.25) is 0 Å². The highest BCUT2D eigenvalue weighted by Gasteiger charge is 2.14. The summed E-state index contributed by atoms with van der Waals surface area (Å²) in [6.07, 6.45) is 0. The van der Waals surface area contributed by atoms with Gasteiger partial charge in [0.2, 0.25) is 0 Å². The first-order valence-electron chi connectivity index (χ1n) is 9.39. The fourth-order valence-electron chi connectivity index (χ4n) is 3.30. The molecule has 4 rings (SSSR count). The second kappa shape index (κ2) is 8.01. The van der Waals surface area contributed by atoms with E-state index < -0.39 is 0 Å². The van der Waals surface area contributed by atoms with Crippen molar-refractivity contribution in [2.24, 2.45) is 4.99 Å². The van der Waals surface area contributed by atoms with E-state index in [2.05, 4.69) is 4.99 Å². The van der Waals surface area contributed by atoms with Gasteiger partial charge in [-0.05, 0) is 37.4 Å². The highest BCUT2D eigenvalue weighted by atomic mass is 32.1. The van der Waals surface area contributed by atoms with Crippen LogP contribution in [0.15, 0.2) is 65.7 Å². The molecule has 0 saturated carbocycles. The largest absolute Gasteiger partial charge is 0.465 e. The number of benzene rings is 3. The standard InChI is InChI=1S/C23H20N2O3S/c1-3-28-20(26)14-25-19-12-11-16-8-4-5-10-18(16)21(19)29-23(25)24-22(27)17-9-6-7-15(2)13-17/h4-13H,3,14H2,1-2H3. The summed E-state index contributed by atoms with van der Waals surface area (Å²) in [6.45, 7) is 4.02. The number of aromatic nitrogens is 1. The molecule has 0 unspecified atom stereocenters. The van der Waals surface area contributed by atoms with Crippen molar-refractivity contribution in [3.63, 3.8) is 0 Å². The van der Waals surface area contributed by atoms with Gasteiger partial charge in [-0.25, -0.2) is 0 Å². The van der Waals surface area contributed by atoms with Crippen LogP contribution in [0.1, 0.15) is 22.8 Å². The van der Waals surface area contributed by atoms with Crippen LogP contribution < -0.4 is 4.80 Å². The highest BCUT2D eigenvalue weighted by molar-refractivity contribution is 7.17. The molecule has 0 spiro atoms. The predicted molar refractivity (Wildman–Crippen MR) is 115 cm³/mol. The Morgan fingerprint density at radius 2 is 1.90 bits per heavy atom. The number of rotatable bonds is 4. The third-order valence-electron chi connectivity index (χ3n) is 4.63. The molecule has 146 valence electrons. The topological polar surface area (TPSA) is 60.7 Å². The molecule has 0 aliphatic rings. The molecule has 0 radical (unpaired) electrons. The second-order valence-corrected chi connectivity index (χ2v) is 7.67. The van der Waals surface area contributed by atoms with Crippen molar-refractivity contribution < 1.29 is 14.3 Å². The van der Waals surface area contributed by atoms with Gasteiger partial charge in [-0.3, -0.25) is 9.59 Å². The summed E-state index contributed by atoms with van der Waals surface area (Å²) in [5, 5.41) is 2.16.